The van der Waals surface area contributed by atoms with Crippen molar-refractivity contribution in [2.45, 2.75) is 19.9 Å². The second kappa shape index (κ2) is 11.4. The number of fused-ring (bicyclic) bond motifs is 1. The van der Waals surface area contributed by atoms with Gasteiger partial charge in [0.2, 0.25) is 0 Å². The summed E-state index contributed by atoms with van der Waals surface area (Å²) in [5.74, 6) is 1.37. The van der Waals surface area contributed by atoms with Gasteiger partial charge in [-0.05, 0) is 18.2 Å². The zero-order valence-corrected chi connectivity index (χ0v) is 21.5. The number of benzene rings is 2. The molecule has 2 heterocycles. The highest BCUT2D eigenvalue weighted by molar-refractivity contribution is 5.82. The Morgan fingerprint density at radius 3 is 2.36 bits per heavy atom. The van der Waals surface area contributed by atoms with Crippen LogP contribution in [0, 0.1) is 5.92 Å². The predicted molar refractivity (Wildman–Crippen MR) is 142 cm³/mol. The highest BCUT2D eigenvalue weighted by Gasteiger charge is 2.19. The first-order valence-corrected chi connectivity index (χ1v) is 12.0. The topological polar surface area (TPSA) is 97.6 Å². The van der Waals surface area contributed by atoms with Crippen LogP contribution in [0.2, 0.25) is 0 Å². The Hall–Kier alpha value is -3.69. The molecule has 0 spiro atoms. The Labute approximate surface area is 211 Å². The van der Waals surface area contributed by atoms with Crippen LogP contribution in [0.25, 0.3) is 22.3 Å². The normalized spacial score (nSPS) is 12.2. The van der Waals surface area contributed by atoms with Gasteiger partial charge in [-0.15, -0.1) is 0 Å². The number of aliphatic hydroxyl groups excluding tert-OH is 1. The molecule has 0 saturated heterocycles. The molecular weight excluding hydrogens is 456 g/mol. The zero-order chi connectivity index (χ0) is 25.7. The van der Waals surface area contributed by atoms with Crippen molar-refractivity contribution in [1.82, 2.24) is 25.1 Å². The molecule has 0 aliphatic heterocycles. The Morgan fingerprint density at radius 2 is 1.75 bits per heavy atom. The van der Waals surface area contributed by atoms with Crippen LogP contribution >= 0.6 is 0 Å². The van der Waals surface area contributed by atoms with Gasteiger partial charge in [-0.2, -0.15) is 5.10 Å². The Morgan fingerprint density at radius 1 is 1.00 bits per heavy atom. The van der Waals surface area contributed by atoms with Crippen LogP contribution in [-0.4, -0.2) is 64.8 Å². The maximum absolute atomic E-state index is 10.2. The number of aryl methyl sites for hydroxylation is 1. The summed E-state index contributed by atoms with van der Waals surface area (Å²) in [6.07, 6.45) is 5.47. The van der Waals surface area contributed by atoms with Crippen LogP contribution in [0.4, 0.5) is 11.4 Å². The molecule has 0 bridgehead atoms. The van der Waals surface area contributed by atoms with E-state index in [2.05, 4.69) is 34.1 Å². The van der Waals surface area contributed by atoms with E-state index in [-0.39, 0.29) is 12.5 Å². The number of anilines is 2. The number of methoxy groups -OCH3 is 2. The molecule has 9 nitrogen and oxygen atoms in total. The van der Waals surface area contributed by atoms with E-state index >= 15 is 0 Å². The molecule has 2 aromatic heterocycles. The van der Waals surface area contributed by atoms with E-state index in [4.69, 9.17) is 14.5 Å². The average molecular weight is 491 g/mol. The quantitative estimate of drug-likeness (QED) is 0.328. The maximum Gasteiger partial charge on any atom is 0.124 e. The summed E-state index contributed by atoms with van der Waals surface area (Å²) in [6.45, 7) is 5.51. The molecule has 9 heteroatoms. The standard InChI is InChI=1S/C27H34N6O3/c1-18(2)28-12-19(17-34)15-33(22-8-23(35-4)11-24(9-22)36-5)21-6-7-25-26(10-21)31-27(14-29-25)20-13-30-32(3)16-20/h6-11,13-14,16,18-19,28,34H,12,15,17H2,1-5H3. The summed E-state index contributed by atoms with van der Waals surface area (Å²) < 4.78 is 12.8. The van der Waals surface area contributed by atoms with E-state index in [1.54, 1.807) is 31.3 Å². The lowest BCUT2D eigenvalue weighted by molar-refractivity contribution is 0.224. The molecule has 1 atom stereocenters. The Balaban J connectivity index is 1.77. The molecule has 1 unspecified atom stereocenters. The van der Waals surface area contributed by atoms with E-state index in [1.807, 2.05) is 49.6 Å². The molecule has 36 heavy (non-hydrogen) atoms. The van der Waals surface area contributed by atoms with E-state index in [1.165, 1.54) is 0 Å². The van der Waals surface area contributed by atoms with Crippen molar-refractivity contribution in [3.05, 3.63) is 55.0 Å². The van der Waals surface area contributed by atoms with Gasteiger partial charge in [0.1, 0.15) is 11.5 Å². The van der Waals surface area contributed by atoms with Crippen LogP contribution < -0.4 is 19.7 Å². The molecule has 2 aromatic carbocycles. The molecule has 0 saturated carbocycles. The van der Waals surface area contributed by atoms with Crippen LogP contribution in [0.3, 0.4) is 0 Å². The number of hydrogen-bond acceptors (Lipinski definition) is 8. The van der Waals surface area contributed by atoms with Gasteiger partial charge in [0.25, 0.3) is 0 Å². The van der Waals surface area contributed by atoms with Crippen molar-refractivity contribution in [2.75, 3.05) is 38.8 Å². The zero-order valence-electron chi connectivity index (χ0n) is 21.5. The minimum atomic E-state index is -0.00638. The second-order valence-electron chi connectivity index (χ2n) is 9.12. The monoisotopic (exact) mass is 490 g/mol. The fourth-order valence-corrected chi connectivity index (χ4v) is 4.02. The highest BCUT2D eigenvalue weighted by atomic mass is 16.5. The van der Waals surface area contributed by atoms with Gasteiger partial charge in [0.15, 0.2) is 0 Å². The summed E-state index contributed by atoms with van der Waals surface area (Å²) in [6, 6.07) is 12.1. The number of ether oxygens (including phenoxy) is 2. The van der Waals surface area contributed by atoms with Crippen molar-refractivity contribution in [1.29, 1.82) is 0 Å². The van der Waals surface area contributed by atoms with E-state index in [0.717, 1.165) is 33.7 Å². The summed E-state index contributed by atoms with van der Waals surface area (Å²) in [4.78, 5) is 11.6. The first-order valence-electron chi connectivity index (χ1n) is 12.0. The van der Waals surface area contributed by atoms with E-state index < -0.39 is 0 Å². The average Bonchev–Trinajstić information content (AvgIpc) is 3.34. The van der Waals surface area contributed by atoms with Gasteiger partial charge in [0, 0.05) is 80.0 Å². The van der Waals surface area contributed by atoms with Crippen molar-refractivity contribution in [3.63, 3.8) is 0 Å². The second-order valence-corrected chi connectivity index (χ2v) is 9.12. The lowest BCUT2D eigenvalue weighted by Gasteiger charge is -2.30. The van der Waals surface area contributed by atoms with Crippen molar-refractivity contribution in [3.8, 4) is 22.8 Å². The first kappa shape index (κ1) is 25.4. The summed E-state index contributed by atoms with van der Waals surface area (Å²) in [7, 11) is 5.15. The fourth-order valence-electron chi connectivity index (χ4n) is 4.02. The molecule has 2 N–H and O–H groups in total. The lowest BCUT2D eigenvalue weighted by atomic mass is 10.1. The van der Waals surface area contributed by atoms with Gasteiger partial charge >= 0.3 is 0 Å². The number of rotatable bonds is 11. The Kier molecular flexibility index (Phi) is 8.02. The van der Waals surface area contributed by atoms with Gasteiger partial charge in [-0.1, -0.05) is 13.8 Å². The third-order valence-corrected chi connectivity index (χ3v) is 6.00. The van der Waals surface area contributed by atoms with Gasteiger partial charge < -0.3 is 24.8 Å². The molecule has 0 amide bonds. The number of nitrogens with zero attached hydrogens (tertiary/aromatic N) is 5. The van der Waals surface area contributed by atoms with Crippen LogP contribution in [-0.2, 0) is 7.05 Å². The number of aromatic nitrogens is 4. The highest BCUT2D eigenvalue weighted by Crippen LogP contribution is 2.34. The molecule has 4 aromatic rings. The number of aliphatic hydroxyl groups is 1. The fraction of sp³-hybridized carbons (Fsp3) is 0.370. The summed E-state index contributed by atoms with van der Waals surface area (Å²) in [5, 5.41) is 17.9. The van der Waals surface area contributed by atoms with Crippen LogP contribution in [0.15, 0.2) is 55.0 Å². The third kappa shape index (κ3) is 5.92. The van der Waals surface area contributed by atoms with Crippen molar-refractivity contribution >= 4 is 22.4 Å². The van der Waals surface area contributed by atoms with E-state index in [0.29, 0.717) is 30.6 Å². The molecule has 4 rings (SSSR count). The largest absolute Gasteiger partial charge is 0.497 e. The first-order chi connectivity index (χ1) is 17.4. The molecule has 0 radical (unpaired) electrons. The molecule has 190 valence electrons. The summed E-state index contributed by atoms with van der Waals surface area (Å²) >= 11 is 0. The number of hydrogen-bond donors (Lipinski definition) is 2. The molecule has 0 aliphatic rings. The molecular formula is C27H34N6O3. The van der Waals surface area contributed by atoms with Crippen LogP contribution in [0.5, 0.6) is 11.5 Å². The SMILES string of the molecule is COc1cc(OC)cc(N(CC(CO)CNC(C)C)c2ccc3ncc(-c4cnn(C)c4)nc3c2)c1. The smallest absolute Gasteiger partial charge is 0.124 e. The number of nitrogens with one attached hydrogen (secondary N) is 1. The summed E-state index contributed by atoms with van der Waals surface area (Å²) in [5.41, 5.74) is 5.07. The minimum Gasteiger partial charge on any atom is -0.497 e. The third-order valence-electron chi connectivity index (χ3n) is 6.00. The molecule has 0 fully saturated rings. The molecule has 0 aliphatic carbocycles. The predicted octanol–water partition coefficient (Wildman–Crippen LogP) is 3.79. The van der Waals surface area contributed by atoms with E-state index in [9.17, 15) is 5.11 Å². The van der Waals surface area contributed by atoms with Gasteiger partial charge in [0.05, 0.1) is 43.3 Å². The van der Waals surface area contributed by atoms with Crippen molar-refractivity contribution in [2.24, 2.45) is 13.0 Å². The minimum absolute atomic E-state index is 0.00638. The van der Waals surface area contributed by atoms with Crippen LogP contribution in [0.1, 0.15) is 13.8 Å². The van der Waals surface area contributed by atoms with Crippen molar-refractivity contribution < 1.29 is 14.6 Å². The Bertz CT molecular complexity index is 1280. The van der Waals surface area contributed by atoms with Gasteiger partial charge in [-0.25, -0.2) is 4.98 Å². The lowest BCUT2D eigenvalue weighted by Crippen LogP contribution is -2.37. The van der Waals surface area contributed by atoms with Gasteiger partial charge in [-0.3, -0.25) is 9.67 Å². The maximum atomic E-state index is 10.2.